The van der Waals surface area contributed by atoms with Gasteiger partial charge in [-0.3, -0.25) is 0 Å². The van der Waals surface area contributed by atoms with Crippen molar-refractivity contribution in [3.05, 3.63) is 47.5 Å². The number of rotatable bonds is 7. The summed E-state index contributed by atoms with van der Waals surface area (Å²) >= 11 is 0. The molecule has 2 heterocycles. The van der Waals surface area contributed by atoms with E-state index in [0.29, 0.717) is 12.4 Å². The van der Waals surface area contributed by atoms with Crippen LogP contribution in [0.2, 0.25) is 0 Å². The first-order chi connectivity index (χ1) is 13.8. The van der Waals surface area contributed by atoms with Gasteiger partial charge in [-0.25, -0.2) is 14.2 Å². The average Bonchev–Trinajstić information content (AvgIpc) is 3.32. The van der Waals surface area contributed by atoms with E-state index in [9.17, 15) is 18.0 Å². The molecule has 0 atom stereocenters. The molecule has 0 aliphatic rings. The van der Waals surface area contributed by atoms with Gasteiger partial charge in [-0.15, -0.1) is 5.10 Å². The van der Waals surface area contributed by atoms with E-state index in [1.165, 1.54) is 30.1 Å². The Labute approximate surface area is 163 Å². The quantitative estimate of drug-likeness (QED) is 0.553. The molecule has 0 bridgehead atoms. The largest absolute Gasteiger partial charge is 0.493 e. The van der Waals surface area contributed by atoms with Crippen molar-refractivity contribution in [1.29, 1.82) is 0 Å². The molecule has 0 aliphatic heterocycles. The number of hydrogen-bond donors (Lipinski definition) is 0. The van der Waals surface area contributed by atoms with Gasteiger partial charge in [0.05, 0.1) is 24.6 Å². The van der Waals surface area contributed by atoms with Gasteiger partial charge in [0.25, 0.3) is 0 Å². The molecule has 3 rings (SSSR count). The summed E-state index contributed by atoms with van der Waals surface area (Å²) in [5.74, 6) is -0.407. The number of esters is 1. The van der Waals surface area contributed by atoms with Gasteiger partial charge in [-0.05, 0) is 35.0 Å². The van der Waals surface area contributed by atoms with E-state index in [-0.39, 0.29) is 23.7 Å². The van der Waals surface area contributed by atoms with Crippen molar-refractivity contribution in [2.75, 3.05) is 7.11 Å². The van der Waals surface area contributed by atoms with Crippen LogP contribution in [0.5, 0.6) is 5.75 Å². The summed E-state index contributed by atoms with van der Waals surface area (Å²) in [4.78, 5) is 12.4. The molecular weight excluding hydrogens is 393 g/mol. The summed E-state index contributed by atoms with van der Waals surface area (Å²) in [5, 5.41) is 15.1. The third-order valence-corrected chi connectivity index (χ3v) is 3.91. The lowest BCUT2D eigenvalue weighted by molar-refractivity contribution is -0.137. The first-order valence-electron chi connectivity index (χ1n) is 8.57. The maximum absolute atomic E-state index is 12.9. The number of carbonyl (C=O) groups is 1. The second-order valence-electron chi connectivity index (χ2n) is 5.93. The highest BCUT2D eigenvalue weighted by atomic mass is 19.4. The van der Waals surface area contributed by atoms with Crippen molar-refractivity contribution in [2.24, 2.45) is 0 Å². The van der Waals surface area contributed by atoms with Gasteiger partial charge in [-0.1, -0.05) is 13.0 Å². The van der Waals surface area contributed by atoms with Crippen LogP contribution in [-0.4, -0.2) is 43.1 Å². The van der Waals surface area contributed by atoms with Crippen molar-refractivity contribution >= 4 is 5.97 Å². The Balaban J connectivity index is 1.81. The molecule has 29 heavy (non-hydrogen) atoms. The zero-order valence-electron chi connectivity index (χ0n) is 15.5. The number of methoxy groups -OCH3 is 1. The fourth-order valence-corrected chi connectivity index (χ4v) is 2.52. The zero-order valence-corrected chi connectivity index (χ0v) is 15.5. The third-order valence-electron chi connectivity index (χ3n) is 3.91. The molecule has 0 radical (unpaired) electrons. The second kappa shape index (κ2) is 8.29. The number of aromatic nitrogens is 6. The first kappa shape index (κ1) is 20.3. The van der Waals surface area contributed by atoms with Crippen LogP contribution in [0.3, 0.4) is 0 Å². The number of halogens is 3. The molecule has 0 saturated heterocycles. The van der Waals surface area contributed by atoms with Crippen molar-refractivity contribution in [3.63, 3.8) is 0 Å². The minimum absolute atomic E-state index is 0.0561. The minimum atomic E-state index is -4.50. The molecule has 3 aromatic rings. The van der Waals surface area contributed by atoms with Crippen LogP contribution in [0.15, 0.2) is 30.5 Å². The molecule has 0 N–H and O–H groups in total. The van der Waals surface area contributed by atoms with E-state index < -0.39 is 17.7 Å². The Bertz CT molecular complexity index is 998. The third kappa shape index (κ3) is 4.52. The molecule has 0 amide bonds. The fraction of sp³-hybridized carbons (Fsp3) is 0.353. The number of hydrogen-bond acceptors (Lipinski definition) is 7. The Morgan fingerprint density at radius 1 is 1.28 bits per heavy atom. The lowest BCUT2D eigenvalue weighted by Crippen LogP contribution is -2.12. The number of tetrazole rings is 1. The van der Waals surface area contributed by atoms with Crippen molar-refractivity contribution in [3.8, 4) is 11.4 Å². The molecule has 12 heteroatoms. The molecule has 0 saturated carbocycles. The molecule has 2 aromatic heterocycles. The van der Waals surface area contributed by atoms with Crippen LogP contribution < -0.4 is 4.74 Å². The van der Waals surface area contributed by atoms with Gasteiger partial charge in [-0.2, -0.15) is 18.3 Å². The minimum Gasteiger partial charge on any atom is -0.493 e. The van der Waals surface area contributed by atoms with Gasteiger partial charge < -0.3 is 9.47 Å². The predicted molar refractivity (Wildman–Crippen MR) is 92.3 cm³/mol. The van der Waals surface area contributed by atoms with E-state index in [2.05, 4.69) is 20.6 Å². The highest BCUT2D eigenvalue weighted by Crippen LogP contribution is 2.30. The lowest BCUT2D eigenvalue weighted by atomic mass is 10.2. The summed E-state index contributed by atoms with van der Waals surface area (Å²) in [7, 11) is 1.31. The van der Waals surface area contributed by atoms with Crippen molar-refractivity contribution in [1.82, 2.24) is 30.0 Å². The van der Waals surface area contributed by atoms with E-state index in [1.807, 2.05) is 6.92 Å². The highest BCUT2D eigenvalue weighted by molar-refractivity contribution is 5.90. The number of benzene rings is 1. The van der Waals surface area contributed by atoms with Crippen molar-refractivity contribution < 1.29 is 27.4 Å². The first-order valence-corrected chi connectivity index (χ1v) is 8.57. The smallest absolute Gasteiger partial charge is 0.416 e. The van der Waals surface area contributed by atoms with Gasteiger partial charge in [0.2, 0.25) is 5.69 Å². The zero-order chi connectivity index (χ0) is 21.0. The van der Waals surface area contributed by atoms with Gasteiger partial charge in [0.1, 0.15) is 0 Å². The fourth-order valence-electron chi connectivity index (χ4n) is 2.52. The number of nitrogens with zero attached hydrogens (tertiary/aromatic N) is 6. The van der Waals surface area contributed by atoms with Gasteiger partial charge in [0, 0.05) is 6.54 Å². The maximum Gasteiger partial charge on any atom is 0.416 e. The lowest BCUT2D eigenvalue weighted by Gasteiger charge is -2.08. The van der Waals surface area contributed by atoms with Crippen LogP contribution in [0.4, 0.5) is 13.2 Å². The maximum atomic E-state index is 12.9. The van der Waals surface area contributed by atoms with Crippen LogP contribution in [0.25, 0.3) is 5.69 Å². The van der Waals surface area contributed by atoms with E-state index >= 15 is 0 Å². The van der Waals surface area contributed by atoms with Crippen LogP contribution >= 0.6 is 0 Å². The predicted octanol–water partition coefficient (Wildman–Crippen LogP) is 2.65. The number of alkyl halides is 3. The number of ether oxygens (including phenoxy) is 2. The summed E-state index contributed by atoms with van der Waals surface area (Å²) < 4.78 is 51.7. The van der Waals surface area contributed by atoms with Crippen LogP contribution in [0, 0.1) is 0 Å². The molecule has 0 fully saturated rings. The summed E-state index contributed by atoms with van der Waals surface area (Å²) in [6.45, 7) is 2.32. The Hall–Kier alpha value is -3.44. The Kier molecular flexibility index (Phi) is 5.80. The Morgan fingerprint density at radius 3 is 2.76 bits per heavy atom. The monoisotopic (exact) mass is 410 g/mol. The molecule has 0 spiro atoms. The van der Waals surface area contributed by atoms with Crippen molar-refractivity contribution in [2.45, 2.75) is 32.7 Å². The highest BCUT2D eigenvalue weighted by Gasteiger charge is 2.31. The topological polar surface area (TPSA) is 97.0 Å². The molecular formula is C17H17F3N6O3. The summed E-state index contributed by atoms with van der Waals surface area (Å²) in [6, 6.07) is 4.54. The SMILES string of the molecule is CCCn1nnnc1COC(=O)c1nn(-c2cccc(C(F)(F)F)c2)cc1OC. The van der Waals surface area contributed by atoms with Crippen LogP contribution in [-0.2, 0) is 24.1 Å². The Morgan fingerprint density at radius 2 is 2.07 bits per heavy atom. The molecule has 9 nitrogen and oxygen atoms in total. The normalized spacial score (nSPS) is 11.5. The molecule has 0 unspecified atom stereocenters. The van der Waals surface area contributed by atoms with E-state index in [0.717, 1.165) is 23.2 Å². The van der Waals surface area contributed by atoms with Gasteiger partial charge >= 0.3 is 12.1 Å². The average molecular weight is 410 g/mol. The number of aryl methyl sites for hydroxylation is 1. The second-order valence-corrected chi connectivity index (χ2v) is 5.93. The standard InChI is InChI=1S/C17H17F3N6O3/c1-3-7-25-14(21-23-24-25)10-29-16(27)15-13(28-2)9-26(22-15)12-6-4-5-11(8-12)17(18,19)20/h4-6,8-9H,3,7,10H2,1-2H3. The molecule has 154 valence electrons. The molecule has 0 aliphatic carbocycles. The summed E-state index contributed by atoms with van der Waals surface area (Å²) in [5.41, 5.74) is -0.903. The molecule has 1 aromatic carbocycles. The van der Waals surface area contributed by atoms with E-state index in [4.69, 9.17) is 9.47 Å². The van der Waals surface area contributed by atoms with E-state index in [1.54, 1.807) is 0 Å². The van der Waals surface area contributed by atoms with Gasteiger partial charge in [0.15, 0.2) is 18.2 Å². The van der Waals surface area contributed by atoms with Crippen LogP contribution in [0.1, 0.15) is 35.2 Å². The summed E-state index contributed by atoms with van der Waals surface area (Å²) in [6.07, 6.45) is -2.41. The number of carbonyl (C=O) groups excluding carboxylic acids is 1.